The summed E-state index contributed by atoms with van der Waals surface area (Å²) in [6.45, 7) is 11.4. The number of hydrogen-bond donors (Lipinski definition) is 3. The zero-order valence-corrected chi connectivity index (χ0v) is 22.8. The van der Waals surface area contributed by atoms with Gasteiger partial charge >= 0.3 is 0 Å². The van der Waals surface area contributed by atoms with Crippen LogP contribution in [0, 0.1) is 5.41 Å². The summed E-state index contributed by atoms with van der Waals surface area (Å²) in [5.74, 6) is 0.530. The van der Waals surface area contributed by atoms with Gasteiger partial charge in [-0.25, -0.2) is 14.3 Å². The van der Waals surface area contributed by atoms with E-state index in [0.717, 1.165) is 37.6 Å². The Morgan fingerprint density at radius 1 is 1.23 bits per heavy atom. The largest absolute Gasteiger partial charge is 0.495 e. The van der Waals surface area contributed by atoms with Crippen molar-refractivity contribution in [3.8, 4) is 5.75 Å². The molecule has 1 aromatic carbocycles. The summed E-state index contributed by atoms with van der Waals surface area (Å²) in [5, 5.41) is 14.8. The molecule has 1 amide bonds. The third-order valence-electron chi connectivity index (χ3n) is 6.31. The molecular weight excluding hydrogens is 498 g/mol. The van der Waals surface area contributed by atoms with Gasteiger partial charge in [0.25, 0.3) is 5.56 Å². The van der Waals surface area contributed by atoms with E-state index in [4.69, 9.17) is 10.1 Å². The van der Waals surface area contributed by atoms with Crippen LogP contribution in [0.5, 0.6) is 5.75 Å². The molecule has 4 rings (SSSR count). The molecule has 2 aromatic heterocycles. The Bertz CT molecular complexity index is 1460. The lowest BCUT2D eigenvalue weighted by atomic mass is 10.2. The van der Waals surface area contributed by atoms with Crippen LogP contribution in [0.3, 0.4) is 0 Å². The number of likely N-dealkylation sites (N-methyl/N-ethyl adjacent to an activating group) is 1. The molecule has 1 aliphatic heterocycles. The van der Waals surface area contributed by atoms with Gasteiger partial charge < -0.3 is 25.2 Å². The van der Waals surface area contributed by atoms with Gasteiger partial charge in [-0.05, 0) is 39.1 Å². The average molecular weight is 534 g/mol. The van der Waals surface area contributed by atoms with E-state index in [1.165, 1.54) is 27.7 Å². The maximum atomic E-state index is 13.1. The second-order valence-electron chi connectivity index (χ2n) is 9.60. The van der Waals surface area contributed by atoms with Crippen LogP contribution >= 0.6 is 0 Å². The Morgan fingerprint density at radius 2 is 1.97 bits per heavy atom. The summed E-state index contributed by atoms with van der Waals surface area (Å²) < 4.78 is 8.36. The number of aromatic nitrogens is 4. The zero-order valence-electron chi connectivity index (χ0n) is 22.8. The number of hydrogen-bond acceptors (Lipinski definition) is 9. The number of benzene rings is 1. The van der Waals surface area contributed by atoms with Gasteiger partial charge in [0.05, 0.1) is 19.3 Å². The molecule has 39 heavy (non-hydrogen) atoms. The lowest BCUT2D eigenvalue weighted by molar-refractivity contribution is -0.116. The van der Waals surface area contributed by atoms with Gasteiger partial charge in [0.1, 0.15) is 17.0 Å². The normalized spacial score (nSPS) is 14.2. The minimum absolute atomic E-state index is 0.0432. The number of allylic oxidation sites excluding steroid dienone is 2. The maximum Gasteiger partial charge on any atom is 0.278 e. The molecule has 3 heterocycles. The van der Waals surface area contributed by atoms with Crippen LogP contribution in [0.15, 0.2) is 54.0 Å². The number of rotatable bonds is 9. The molecular formula is C27H35N9O3. The van der Waals surface area contributed by atoms with Gasteiger partial charge in [0.15, 0.2) is 5.65 Å². The molecule has 0 spiro atoms. The van der Waals surface area contributed by atoms with Crippen molar-refractivity contribution in [2.45, 2.75) is 26.4 Å². The van der Waals surface area contributed by atoms with E-state index in [9.17, 15) is 9.59 Å². The van der Waals surface area contributed by atoms with Gasteiger partial charge in [-0.2, -0.15) is 4.98 Å². The topological polar surface area (TPSA) is 133 Å². The molecule has 12 nitrogen and oxygen atoms in total. The molecule has 206 valence electrons. The molecule has 0 unspecified atom stereocenters. The van der Waals surface area contributed by atoms with E-state index in [1.54, 1.807) is 13.2 Å². The highest BCUT2D eigenvalue weighted by atomic mass is 16.5. The number of anilines is 3. The van der Waals surface area contributed by atoms with E-state index in [-0.39, 0.29) is 46.9 Å². The fourth-order valence-electron chi connectivity index (χ4n) is 4.37. The summed E-state index contributed by atoms with van der Waals surface area (Å²) in [6.07, 6.45) is 5.57. The fraction of sp³-hybridized carbons (Fsp3) is 0.370. The van der Waals surface area contributed by atoms with Crippen LogP contribution in [-0.2, 0) is 11.3 Å². The molecule has 0 bridgehead atoms. The lowest BCUT2D eigenvalue weighted by Crippen LogP contribution is -2.44. The first-order chi connectivity index (χ1) is 18.7. The van der Waals surface area contributed by atoms with Crippen LogP contribution in [0.2, 0.25) is 0 Å². The number of ether oxygens (including phenoxy) is 1. The van der Waals surface area contributed by atoms with Crippen molar-refractivity contribution < 1.29 is 9.53 Å². The number of carbonyl (C=O) groups excluding carboxylic acids is 1. The van der Waals surface area contributed by atoms with Crippen molar-refractivity contribution in [3.63, 3.8) is 0 Å². The molecule has 0 atom stereocenters. The molecule has 3 N–H and O–H groups in total. The number of fused-ring (bicyclic) bond motifs is 1. The van der Waals surface area contributed by atoms with Gasteiger partial charge in [0, 0.05) is 56.2 Å². The molecule has 12 heteroatoms. The molecule has 0 saturated carbocycles. The lowest BCUT2D eigenvalue weighted by Gasteiger charge is -2.34. The second-order valence-corrected chi connectivity index (χ2v) is 9.60. The van der Waals surface area contributed by atoms with E-state index in [0.29, 0.717) is 5.69 Å². The predicted molar refractivity (Wildman–Crippen MR) is 154 cm³/mol. The van der Waals surface area contributed by atoms with E-state index in [1.807, 2.05) is 32.0 Å². The smallest absolute Gasteiger partial charge is 0.278 e. The minimum atomic E-state index is -0.362. The Labute approximate surface area is 227 Å². The summed E-state index contributed by atoms with van der Waals surface area (Å²) in [4.78, 5) is 38.6. The first-order valence-corrected chi connectivity index (χ1v) is 12.8. The number of piperazine rings is 1. The monoisotopic (exact) mass is 533 g/mol. The Balaban J connectivity index is 1.65. The second kappa shape index (κ2) is 11.9. The van der Waals surface area contributed by atoms with Gasteiger partial charge in [-0.15, -0.1) is 6.58 Å². The van der Waals surface area contributed by atoms with Crippen LogP contribution in [0.1, 0.15) is 13.8 Å². The highest BCUT2D eigenvalue weighted by Crippen LogP contribution is 2.32. The molecule has 1 fully saturated rings. The Kier molecular flexibility index (Phi) is 8.45. The third-order valence-corrected chi connectivity index (χ3v) is 6.31. The molecule has 0 radical (unpaired) electrons. The van der Waals surface area contributed by atoms with Crippen molar-refractivity contribution in [2.75, 3.05) is 50.6 Å². The highest BCUT2D eigenvalue weighted by molar-refractivity contribution is 6.01. The summed E-state index contributed by atoms with van der Waals surface area (Å²) >= 11 is 0. The van der Waals surface area contributed by atoms with Crippen molar-refractivity contribution in [1.29, 1.82) is 5.41 Å². The van der Waals surface area contributed by atoms with E-state index >= 15 is 0 Å². The van der Waals surface area contributed by atoms with Gasteiger partial charge in [0.2, 0.25) is 11.9 Å². The van der Waals surface area contributed by atoms with E-state index < -0.39 is 0 Å². The average Bonchev–Trinajstić information content (AvgIpc) is 3.18. The maximum absolute atomic E-state index is 13.1. The van der Waals surface area contributed by atoms with Crippen molar-refractivity contribution in [1.82, 2.24) is 29.5 Å². The van der Waals surface area contributed by atoms with Crippen LogP contribution < -0.4 is 25.8 Å². The van der Waals surface area contributed by atoms with Crippen molar-refractivity contribution >= 4 is 40.1 Å². The van der Waals surface area contributed by atoms with Crippen LogP contribution in [-0.4, -0.2) is 82.4 Å². The molecule has 1 saturated heterocycles. The Morgan fingerprint density at radius 3 is 2.64 bits per heavy atom. The molecule has 3 aromatic rings. The number of nitrogens with zero attached hydrogens (tertiary/aromatic N) is 6. The SMILES string of the molecule is C=CCn1c(=O)c2cnc(Nc3ccc(N4CCN(C)CC4)c(OC)c3)nc2n1C(=N)/C=C\C(=O)NC(C)C. The minimum Gasteiger partial charge on any atom is -0.495 e. The van der Waals surface area contributed by atoms with Gasteiger partial charge in [-0.1, -0.05) is 6.08 Å². The zero-order chi connectivity index (χ0) is 28.1. The quantitative estimate of drug-likeness (QED) is 0.165. The van der Waals surface area contributed by atoms with Crippen molar-refractivity contribution in [3.05, 3.63) is 59.6 Å². The number of nitrogens with one attached hydrogen (secondary N) is 3. The summed E-state index contributed by atoms with van der Waals surface area (Å²) in [7, 11) is 3.76. The predicted octanol–water partition coefficient (Wildman–Crippen LogP) is 2.19. The number of methoxy groups -OCH3 is 1. The first kappa shape index (κ1) is 27.6. The van der Waals surface area contributed by atoms with Gasteiger partial charge in [-0.3, -0.25) is 15.0 Å². The standard InChI is InChI=1S/C27H35N9O3/c1-6-11-35-26(38)20-17-29-27(32-25(20)36(35)23(28)9-10-24(37)30-18(2)3)31-19-7-8-21(22(16-19)39-5)34-14-12-33(4)13-15-34/h6-10,16-18,28H,1,11-15H2,2-5H3,(H,30,37)(H,29,31,32)/b10-9-,28-23?. The number of amides is 1. The third kappa shape index (κ3) is 6.17. The van der Waals surface area contributed by atoms with Crippen LogP contribution in [0.4, 0.5) is 17.3 Å². The fourth-order valence-corrected chi connectivity index (χ4v) is 4.37. The first-order valence-electron chi connectivity index (χ1n) is 12.8. The highest BCUT2D eigenvalue weighted by Gasteiger charge is 2.20. The summed E-state index contributed by atoms with van der Waals surface area (Å²) in [5.41, 5.74) is 1.60. The van der Waals surface area contributed by atoms with Crippen molar-refractivity contribution in [2.24, 2.45) is 0 Å². The van der Waals surface area contributed by atoms with E-state index in [2.05, 4.69) is 44.0 Å². The number of carbonyl (C=O) groups is 1. The summed E-state index contributed by atoms with van der Waals surface area (Å²) in [6, 6.07) is 5.77. The molecule has 0 aliphatic carbocycles. The molecule has 1 aliphatic rings. The Hall–Kier alpha value is -4.45. The van der Waals surface area contributed by atoms with Crippen LogP contribution in [0.25, 0.3) is 11.0 Å².